The van der Waals surface area contributed by atoms with Gasteiger partial charge in [0.1, 0.15) is 0 Å². The summed E-state index contributed by atoms with van der Waals surface area (Å²) in [6.07, 6.45) is -1.58. The molecule has 1 heterocycles. The Hall–Kier alpha value is -3.10. The van der Waals surface area contributed by atoms with Crippen molar-refractivity contribution in [1.82, 2.24) is 15.2 Å². The van der Waals surface area contributed by atoms with Crippen molar-refractivity contribution in [2.75, 3.05) is 19.4 Å². The third-order valence-corrected chi connectivity index (χ3v) is 8.62. The minimum absolute atomic E-state index is 0.0714. The Balaban J connectivity index is 1.31. The molecule has 0 saturated heterocycles. The molecule has 0 radical (unpaired) electrons. The van der Waals surface area contributed by atoms with Crippen molar-refractivity contribution in [3.8, 4) is 0 Å². The highest BCUT2D eigenvalue weighted by Crippen LogP contribution is 2.74. The van der Waals surface area contributed by atoms with Gasteiger partial charge >= 0.3 is 6.18 Å². The maximum absolute atomic E-state index is 14.2. The zero-order valence-corrected chi connectivity index (χ0v) is 20.9. The molecule has 36 heavy (non-hydrogen) atoms. The highest BCUT2D eigenvalue weighted by atomic mass is 19.4. The summed E-state index contributed by atoms with van der Waals surface area (Å²) in [6.45, 7) is 4.30. The number of carbonyl (C=O) groups is 2. The Labute approximate surface area is 208 Å². The van der Waals surface area contributed by atoms with Crippen molar-refractivity contribution in [1.29, 1.82) is 0 Å². The molecule has 3 saturated carbocycles. The van der Waals surface area contributed by atoms with Crippen molar-refractivity contribution in [3.63, 3.8) is 0 Å². The van der Waals surface area contributed by atoms with Crippen LogP contribution in [0.5, 0.6) is 0 Å². The lowest BCUT2D eigenvalue weighted by Crippen LogP contribution is -2.72. The number of alkyl halides is 3. The first kappa shape index (κ1) is 24.6. The van der Waals surface area contributed by atoms with E-state index in [4.69, 9.17) is 0 Å². The first-order valence-electron chi connectivity index (χ1n) is 12.2. The zero-order valence-electron chi connectivity index (χ0n) is 20.9. The third kappa shape index (κ3) is 3.58. The molecule has 4 aliphatic carbocycles. The second kappa shape index (κ2) is 7.95. The standard InChI is InChI=1S/C27H31F3N4O2/c1-24(2)18-8-6-5-7-16(18)11-20(24)33-17-9-10-19(32-12-17)21(27(28,29)30)34(4)23(36)26-13-25(14-26,15-26)22(35)31-3/h5-10,12,20-21,33H,11,13-15H2,1-4H3,(H,31,35)/t20-,21+,25?,26?/m1/s1. The monoisotopic (exact) mass is 500 g/mol. The second-order valence-corrected chi connectivity index (χ2v) is 11.3. The fourth-order valence-corrected chi connectivity index (χ4v) is 6.67. The summed E-state index contributed by atoms with van der Waals surface area (Å²) in [5.41, 5.74) is 1.29. The number of hydrogen-bond acceptors (Lipinski definition) is 4. The molecule has 6 nitrogen and oxygen atoms in total. The molecule has 0 aliphatic heterocycles. The lowest BCUT2D eigenvalue weighted by atomic mass is 9.34. The summed E-state index contributed by atoms with van der Waals surface area (Å²) in [7, 11) is 2.71. The number of pyridine rings is 1. The van der Waals surface area contributed by atoms with Gasteiger partial charge in [0.05, 0.1) is 28.4 Å². The van der Waals surface area contributed by atoms with Crippen LogP contribution in [0.25, 0.3) is 0 Å². The van der Waals surface area contributed by atoms with Crippen LogP contribution in [0.2, 0.25) is 0 Å². The van der Waals surface area contributed by atoms with Crippen LogP contribution in [0.15, 0.2) is 42.6 Å². The SMILES string of the molecule is CNC(=O)C12CC(C(=O)N(C)[C@@H](c3ccc(N[C@@H]4Cc5ccccc5C4(C)C)cn3)C(F)(F)F)(C1)C2. The van der Waals surface area contributed by atoms with E-state index < -0.39 is 29.0 Å². The van der Waals surface area contributed by atoms with Crippen LogP contribution in [0.3, 0.4) is 0 Å². The molecule has 1 aromatic heterocycles. The maximum Gasteiger partial charge on any atom is 0.414 e. The Morgan fingerprint density at radius 1 is 1.08 bits per heavy atom. The van der Waals surface area contributed by atoms with E-state index in [1.165, 1.54) is 37.5 Å². The van der Waals surface area contributed by atoms with E-state index in [9.17, 15) is 22.8 Å². The molecule has 3 fully saturated rings. The van der Waals surface area contributed by atoms with Crippen LogP contribution >= 0.6 is 0 Å². The lowest BCUT2D eigenvalue weighted by Gasteiger charge is -2.68. The van der Waals surface area contributed by atoms with Gasteiger partial charge in [0.15, 0.2) is 6.04 Å². The molecule has 2 atom stereocenters. The van der Waals surface area contributed by atoms with Crippen LogP contribution in [0, 0.1) is 10.8 Å². The van der Waals surface area contributed by atoms with Crippen LogP contribution < -0.4 is 10.6 Å². The van der Waals surface area contributed by atoms with E-state index in [0.29, 0.717) is 24.9 Å². The molecule has 2 aromatic rings. The number of nitrogens with zero attached hydrogens (tertiary/aromatic N) is 2. The summed E-state index contributed by atoms with van der Waals surface area (Å²) < 4.78 is 42.5. The Kier molecular flexibility index (Phi) is 5.43. The van der Waals surface area contributed by atoms with E-state index in [1.54, 1.807) is 6.07 Å². The van der Waals surface area contributed by atoms with Gasteiger partial charge in [-0.3, -0.25) is 14.6 Å². The highest BCUT2D eigenvalue weighted by molar-refractivity contribution is 5.95. The number of aromatic nitrogens is 1. The second-order valence-electron chi connectivity index (χ2n) is 11.3. The summed E-state index contributed by atoms with van der Waals surface area (Å²) in [5.74, 6) is -0.726. The largest absolute Gasteiger partial charge is 0.414 e. The summed E-state index contributed by atoms with van der Waals surface area (Å²) in [5, 5.41) is 6.03. The molecule has 2 N–H and O–H groups in total. The molecule has 2 amide bonds. The number of halogens is 3. The molecule has 0 unspecified atom stereocenters. The first-order valence-corrected chi connectivity index (χ1v) is 12.2. The predicted molar refractivity (Wildman–Crippen MR) is 129 cm³/mol. The Morgan fingerprint density at radius 3 is 2.31 bits per heavy atom. The van der Waals surface area contributed by atoms with E-state index >= 15 is 0 Å². The van der Waals surface area contributed by atoms with Gasteiger partial charge in [-0.2, -0.15) is 13.2 Å². The molecule has 2 bridgehead atoms. The Morgan fingerprint density at radius 2 is 1.75 bits per heavy atom. The lowest BCUT2D eigenvalue weighted by molar-refractivity contribution is -0.229. The van der Waals surface area contributed by atoms with Crippen molar-refractivity contribution in [2.24, 2.45) is 10.8 Å². The molecule has 192 valence electrons. The summed E-state index contributed by atoms with van der Waals surface area (Å²) in [4.78, 5) is 30.1. The van der Waals surface area contributed by atoms with Gasteiger partial charge in [-0.25, -0.2) is 0 Å². The fourth-order valence-electron chi connectivity index (χ4n) is 6.67. The predicted octanol–water partition coefficient (Wildman–Crippen LogP) is 4.37. The normalized spacial score (nSPS) is 28.2. The third-order valence-electron chi connectivity index (χ3n) is 8.62. The van der Waals surface area contributed by atoms with E-state index in [1.807, 2.05) is 12.1 Å². The van der Waals surface area contributed by atoms with E-state index in [0.717, 1.165) is 11.3 Å². The van der Waals surface area contributed by atoms with Gasteiger partial charge in [-0.1, -0.05) is 38.1 Å². The summed E-state index contributed by atoms with van der Waals surface area (Å²) in [6, 6.07) is 9.09. The number of hydrogen-bond donors (Lipinski definition) is 2. The average Bonchev–Trinajstić information content (AvgIpc) is 3.02. The number of nitrogens with one attached hydrogen (secondary N) is 2. The number of anilines is 1. The highest BCUT2D eigenvalue weighted by Gasteiger charge is 2.75. The van der Waals surface area contributed by atoms with Gasteiger partial charge in [0, 0.05) is 25.6 Å². The number of fused-ring (bicyclic) bond motifs is 1. The minimum Gasteiger partial charge on any atom is -0.380 e. The molecule has 6 rings (SSSR count). The Bertz CT molecular complexity index is 1190. The summed E-state index contributed by atoms with van der Waals surface area (Å²) >= 11 is 0. The molecule has 9 heteroatoms. The van der Waals surface area contributed by atoms with Gasteiger partial charge in [0.2, 0.25) is 11.8 Å². The van der Waals surface area contributed by atoms with E-state index in [-0.39, 0.29) is 23.1 Å². The van der Waals surface area contributed by atoms with Gasteiger partial charge in [0.25, 0.3) is 0 Å². The van der Waals surface area contributed by atoms with Crippen molar-refractivity contribution >= 4 is 17.5 Å². The fraction of sp³-hybridized carbons (Fsp3) is 0.519. The van der Waals surface area contributed by atoms with Crippen LogP contribution in [-0.2, 0) is 21.4 Å². The van der Waals surface area contributed by atoms with Crippen LogP contribution in [0.1, 0.15) is 56.0 Å². The quantitative estimate of drug-likeness (QED) is 0.618. The zero-order chi connectivity index (χ0) is 26.1. The van der Waals surface area contributed by atoms with Gasteiger partial charge < -0.3 is 15.5 Å². The van der Waals surface area contributed by atoms with Crippen molar-refractivity contribution < 1.29 is 22.8 Å². The number of benzene rings is 1. The average molecular weight is 501 g/mol. The minimum atomic E-state index is -4.69. The molecule has 0 spiro atoms. The molecule has 4 aliphatic rings. The molecule has 1 aromatic carbocycles. The van der Waals surface area contributed by atoms with Gasteiger partial charge in [-0.15, -0.1) is 0 Å². The smallest absolute Gasteiger partial charge is 0.380 e. The number of carbonyl (C=O) groups excluding carboxylic acids is 2. The van der Waals surface area contributed by atoms with E-state index in [2.05, 4.69) is 41.6 Å². The van der Waals surface area contributed by atoms with Gasteiger partial charge in [-0.05, 0) is 48.9 Å². The number of amides is 2. The van der Waals surface area contributed by atoms with Crippen molar-refractivity contribution in [3.05, 3.63) is 59.4 Å². The number of rotatable bonds is 6. The molecular weight excluding hydrogens is 469 g/mol. The topological polar surface area (TPSA) is 74.3 Å². The maximum atomic E-state index is 14.2. The van der Waals surface area contributed by atoms with Crippen LogP contribution in [-0.4, -0.2) is 48.0 Å². The first-order chi connectivity index (χ1) is 16.8. The van der Waals surface area contributed by atoms with Crippen LogP contribution in [0.4, 0.5) is 18.9 Å². The van der Waals surface area contributed by atoms with Crippen molar-refractivity contribution in [2.45, 2.75) is 63.2 Å². The molecular formula is C27H31F3N4O2.